The van der Waals surface area contributed by atoms with Crippen molar-refractivity contribution in [1.29, 1.82) is 0 Å². The molecule has 3 nitrogen and oxygen atoms in total. The van der Waals surface area contributed by atoms with E-state index in [0.29, 0.717) is 17.0 Å². The van der Waals surface area contributed by atoms with Crippen LogP contribution in [0.25, 0.3) is 0 Å². The van der Waals surface area contributed by atoms with Gasteiger partial charge in [0.05, 0.1) is 11.8 Å². The Morgan fingerprint density at radius 2 is 2.22 bits per heavy atom. The summed E-state index contributed by atoms with van der Waals surface area (Å²) in [6, 6.07) is 2.02. The van der Waals surface area contributed by atoms with Crippen LogP contribution in [0.1, 0.15) is 50.4 Å². The van der Waals surface area contributed by atoms with E-state index in [1.807, 2.05) is 0 Å². The van der Waals surface area contributed by atoms with E-state index in [1.54, 1.807) is 12.3 Å². The van der Waals surface area contributed by atoms with Crippen molar-refractivity contribution in [3.05, 3.63) is 24.2 Å². The Morgan fingerprint density at radius 1 is 1.44 bits per heavy atom. The van der Waals surface area contributed by atoms with E-state index in [-0.39, 0.29) is 11.3 Å². The van der Waals surface area contributed by atoms with Crippen LogP contribution in [0.5, 0.6) is 0 Å². The van der Waals surface area contributed by atoms with Crippen LogP contribution in [0.15, 0.2) is 23.0 Å². The number of carbonyl (C=O) groups excluding carboxylic acids is 1. The first kappa shape index (κ1) is 11.8. The fraction of sp³-hybridized carbons (Fsp3) is 0.667. The predicted octanol–water partition coefficient (Wildman–Crippen LogP) is 3.22. The molecule has 0 aromatic carbocycles. The maximum Gasteiger partial charge on any atom is 0.254 e. The second kappa shape index (κ2) is 3.62. The molecule has 1 aromatic heterocycles. The fourth-order valence-corrected chi connectivity index (χ4v) is 4.06. The van der Waals surface area contributed by atoms with Gasteiger partial charge in [-0.25, -0.2) is 0 Å². The van der Waals surface area contributed by atoms with Crippen molar-refractivity contribution >= 4 is 5.91 Å². The van der Waals surface area contributed by atoms with Crippen LogP contribution in [0.2, 0.25) is 0 Å². The Kier molecular flexibility index (Phi) is 2.38. The number of hydrogen-bond donors (Lipinski definition) is 1. The van der Waals surface area contributed by atoms with Crippen molar-refractivity contribution in [3.8, 4) is 0 Å². The average molecular weight is 247 g/mol. The van der Waals surface area contributed by atoms with Gasteiger partial charge in [-0.15, -0.1) is 0 Å². The first-order valence-corrected chi connectivity index (χ1v) is 6.78. The molecule has 2 fully saturated rings. The average Bonchev–Trinajstić information content (AvgIpc) is 2.95. The van der Waals surface area contributed by atoms with Gasteiger partial charge in [0.25, 0.3) is 5.91 Å². The van der Waals surface area contributed by atoms with Gasteiger partial charge < -0.3 is 9.73 Å². The molecule has 2 bridgehead atoms. The van der Waals surface area contributed by atoms with Crippen LogP contribution < -0.4 is 5.32 Å². The molecule has 3 heteroatoms. The van der Waals surface area contributed by atoms with Gasteiger partial charge in [0.1, 0.15) is 6.26 Å². The molecule has 0 spiro atoms. The summed E-state index contributed by atoms with van der Waals surface area (Å²) < 4.78 is 4.97. The SMILES string of the molecule is CC1(C)[C@H]2CC[C@@]1(C)[C@H](NC(=O)c1ccoc1)C2. The molecule has 1 N–H and O–H groups in total. The third kappa shape index (κ3) is 1.39. The standard InChI is InChI=1S/C15H21NO2/c1-14(2)11-4-6-15(14,3)12(8-11)16-13(17)10-5-7-18-9-10/h5,7,9,11-12H,4,6,8H2,1-3H3,(H,16,17)/t11-,12+,15-/m0/s1. The molecule has 0 radical (unpaired) electrons. The largest absolute Gasteiger partial charge is 0.472 e. The Morgan fingerprint density at radius 3 is 2.72 bits per heavy atom. The molecule has 1 amide bonds. The normalized spacial score (nSPS) is 36.8. The number of carbonyl (C=O) groups is 1. The van der Waals surface area contributed by atoms with E-state index < -0.39 is 0 Å². The van der Waals surface area contributed by atoms with Gasteiger partial charge in [0, 0.05) is 6.04 Å². The summed E-state index contributed by atoms with van der Waals surface area (Å²) >= 11 is 0. The molecule has 18 heavy (non-hydrogen) atoms. The summed E-state index contributed by atoms with van der Waals surface area (Å²) in [6.07, 6.45) is 6.70. The van der Waals surface area contributed by atoms with Crippen molar-refractivity contribution in [2.75, 3.05) is 0 Å². The van der Waals surface area contributed by atoms with Gasteiger partial charge in [-0.05, 0) is 42.1 Å². The molecule has 0 aliphatic heterocycles. The zero-order valence-electron chi connectivity index (χ0n) is 11.3. The Hall–Kier alpha value is -1.25. The van der Waals surface area contributed by atoms with E-state index in [0.717, 1.165) is 12.3 Å². The van der Waals surface area contributed by atoms with Crippen molar-refractivity contribution in [2.24, 2.45) is 16.7 Å². The maximum atomic E-state index is 12.1. The minimum Gasteiger partial charge on any atom is -0.472 e. The number of nitrogens with one attached hydrogen (secondary N) is 1. The third-order valence-corrected chi connectivity index (χ3v) is 5.88. The smallest absolute Gasteiger partial charge is 0.254 e. The topological polar surface area (TPSA) is 42.2 Å². The Balaban J connectivity index is 1.78. The second-order valence-electron chi connectivity index (χ2n) is 6.65. The van der Waals surface area contributed by atoms with Gasteiger partial charge >= 0.3 is 0 Å². The Labute approximate surface area is 108 Å². The highest BCUT2D eigenvalue weighted by Gasteiger charge is 2.61. The summed E-state index contributed by atoms with van der Waals surface area (Å²) in [5.41, 5.74) is 1.19. The molecule has 1 heterocycles. The van der Waals surface area contributed by atoms with E-state index >= 15 is 0 Å². The predicted molar refractivity (Wildman–Crippen MR) is 69.2 cm³/mol. The lowest BCUT2D eigenvalue weighted by atomic mass is 9.69. The molecule has 0 unspecified atom stereocenters. The van der Waals surface area contributed by atoms with Crippen LogP contribution in [-0.2, 0) is 0 Å². The van der Waals surface area contributed by atoms with Crippen LogP contribution in [-0.4, -0.2) is 11.9 Å². The molecule has 98 valence electrons. The number of hydrogen-bond acceptors (Lipinski definition) is 2. The van der Waals surface area contributed by atoms with E-state index in [2.05, 4.69) is 26.1 Å². The highest BCUT2D eigenvalue weighted by molar-refractivity contribution is 5.94. The molecule has 3 atom stereocenters. The number of rotatable bonds is 2. The van der Waals surface area contributed by atoms with Crippen LogP contribution in [0.3, 0.4) is 0 Å². The highest BCUT2D eigenvalue weighted by atomic mass is 16.3. The van der Waals surface area contributed by atoms with E-state index in [1.165, 1.54) is 19.1 Å². The molecule has 3 rings (SSSR count). The summed E-state index contributed by atoms with van der Waals surface area (Å²) in [6.45, 7) is 7.05. The summed E-state index contributed by atoms with van der Waals surface area (Å²) in [5.74, 6) is 0.746. The van der Waals surface area contributed by atoms with Crippen LogP contribution >= 0.6 is 0 Å². The number of fused-ring (bicyclic) bond motifs is 2. The Bertz CT molecular complexity index is 463. The summed E-state index contributed by atoms with van der Waals surface area (Å²) in [4.78, 5) is 12.1. The molecule has 0 saturated heterocycles. The lowest BCUT2D eigenvalue weighted by molar-refractivity contribution is 0.0825. The lowest BCUT2D eigenvalue weighted by Crippen LogP contribution is -2.46. The van der Waals surface area contributed by atoms with Gasteiger partial charge in [-0.2, -0.15) is 0 Å². The van der Waals surface area contributed by atoms with Crippen molar-refractivity contribution in [1.82, 2.24) is 5.32 Å². The third-order valence-electron chi connectivity index (χ3n) is 5.88. The van der Waals surface area contributed by atoms with Gasteiger partial charge in [0.2, 0.25) is 0 Å². The molecular weight excluding hydrogens is 226 g/mol. The molecule has 2 aliphatic rings. The van der Waals surface area contributed by atoms with Crippen LogP contribution in [0, 0.1) is 16.7 Å². The van der Waals surface area contributed by atoms with Gasteiger partial charge in [-0.1, -0.05) is 20.8 Å². The summed E-state index contributed by atoms with van der Waals surface area (Å²) in [7, 11) is 0. The first-order valence-electron chi connectivity index (χ1n) is 6.78. The molecule has 2 aliphatic carbocycles. The van der Waals surface area contributed by atoms with Crippen molar-refractivity contribution in [2.45, 2.75) is 46.1 Å². The molecule has 1 aromatic rings. The molecular formula is C15H21NO2. The number of furan rings is 1. The zero-order valence-corrected chi connectivity index (χ0v) is 11.3. The van der Waals surface area contributed by atoms with Crippen molar-refractivity contribution < 1.29 is 9.21 Å². The first-order chi connectivity index (χ1) is 8.45. The monoisotopic (exact) mass is 247 g/mol. The summed E-state index contributed by atoms with van der Waals surface area (Å²) in [5, 5.41) is 3.21. The van der Waals surface area contributed by atoms with Gasteiger partial charge in [-0.3, -0.25) is 4.79 Å². The minimum atomic E-state index is -0.00155. The quantitative estimate of drug-likeness (QED) is 0.871. The fourth-order valence-electron chi connectivity index (χ4n) is 4.06. The van der Waals surface area contributed by atoms with E-state index in [4.69, 9.17) is 4.42 Å². The zero-order chi connectivity index (χ0) is 13.0. The second-order valence-corrected chi connectivity index (χ2v) is 6.65. The van der Waals surface area contributed by atoms with Crippen molar-refractivity contribution in [3.63, 3.8) is 0 Å². The van der Waals surface area contributed by atoms with Crippen LogP contribution in [0.4, 0.5) is 0 Å². The maximum absolute atomic E-state index is 12.1. The lowest BCUT2D eigenvalue weighted by Gasteiger charge is -2.39. The number of amides is 1. The van der Waals surface area contributed by atoms with Gasteiger partial charge in [0.15, 0.2) is 0 Å². The highest BCUT2D eigenvalue weighted by Crippen LogP contribution is 2.65. The molecule has 2 saturated carbocycles. The van der Waals surface area contributed by atoms with E-state index in [9.17, 15) is 4.79 Å². The minimum absolute atomic E-state index is 0.00155.